The fourth-order valence-corrected chi connectivity index (χ4v) is 1.17. The highest BCUT2D eigenvalue weighted by atomic mass is 19.4. The van der Waals surface area contributed by atoms with Crippen molar-refractivity contribution in [2.45, 2.75) is 12.6 Å². The van der Waals surface area contributed by atoms with Crippen LogP contribution >= 0.6 is 0 Å². The van der Waals surface area contributed by atoms with Crippen LogP contribution in [0.2, 0.25) is 0 Å². The van der Waals surface area contributed by atoms with Crippen LogP contribution in [-0.4, -0.2) is 50.6 Å². The molecule has 0 aliphatic rings. The summed E-state index contributed by atoms with van der Waals surface area (Å²) in [7, 11) is 0. The number of halogens is 3. The van der Waals surface area contributed by atoms with Crippen LogP contribution in [0.1, 0.15) is 6.42 Å². The lowest BCUT2D eigenvalue weighted by atomic mass is 10.3. The largest absolute Gasteiger partial charge is 0.401 e. The van der Waals surface area contributed by atoms with Crippen LogP contribution in [0.15, 0.2) is 17.3 Å². The summed E-state index contributed by atoms with van der Waals surface area (Å²) in [5, 5.41) is 7.64. The molecule has 0 aliphatic carbocycles. The minimum Gasteiger partial charge on any atom is -0.330 e. The second kappa shape index (κ2) is 8.08. The molecule has 100 valence electrons. The normalized spacial score (nSPS) is 11.3. The first-order chi connectivity index (χ1) is 7.89. The summed E-state index contributed by atoms with van der Waals surface area (Å²) < 4.78 is 35.6. The van der Waals surface area contributed by atoms with Gasteiger partial charge in [-0.15, -0.1) is 0 Å². The van der Waals surface area contributed by atoms with Gasteiger partial charge < -0.3 is 11.1 Å². The van der Waals surface area contributed by atoms with E-state index in [4.69, 9.17) is 5.73 Å². The third-order valence-corrected chi connectivity index (χ3v) is 1.93. The Morgan fingerprint density at radius 2 is 2.06 bits per heavy atom. The van der Waals surface area contributed by atoms with E-state index in [1.807, 2.05) is 0 Å². The Hall–Kier alpha value is -1.08. The summed E-state index contributed by atoms with van der Waals surface area (Å²) in [6.07, 6.45) is -3.45. The zero-order chi connectivity index (χ0) is 13.3. The van der Waals surface area contributed by atoms with E-state index in [0.29, 0.717) is 25.2 Å². The molecule has 0 spiro atoms. The molecule has 0 amide bonds. The molecule has 0 unspecified atom stereocenters. The topological polar surface area (TPSA) is 53.6 Å². The quantitative estimate of drug-likeness (QED) is 0.365. The van der Waals surface area contributed by atoms with Crippen molar-refractivity contribution in [3.05, 3.63) is 12.2 Å². The van der Waals surface area contributed by atoms with Crippen molar-refractivity contribution >= 4 is 6.72 Å². The summed E-state index contributed by atoms with van der Waals surface area (Å²) in [4.78, 5) is 0. The minimum atomic E-state index is -4.20. The van der Waals surface area contributed by atoms with Gasteiger partial charge >= 0.3 is 6.18 Å². The van der Waals surface area contributed by atoms with Crippen molar-refractivity contribution in [3.63, 3.8) is 0 Å². The van der Waals surface area contributed by atoms with Crippen molar-refractivity contribution in [2.75, 3.05) is 32.7 Å². The first-order valence-electron chi connectivity index (χ1n) is 5.25. The van der Waals surface area contributed by atoms with Crippen molar-refractivity contribution < 1.29 is 13.2 Å². The first kappa shape index (κ1) is 15.9. The molecule has 0 saturated carbocycles. The van der Waals surface area contributed by atoms with E-state index in [1.165, 1.54) is 0 Å². The van der Waals surface area contributed by atoms with Crippen LogP contribution in [0.5, 0.6) is 0 Å². The molecule has 3 N–H and O–H groups in total. The molecule has 0 heterocycles. The minimum absolute atomic E-state index is 0.105. The maximum Gasteiger partial charge on any atom is 0.401 e. The summed E-state index contributed by atoms with van der Waals surface area (Å²) in [5.41, 5.74) is 5.97. The van der Waals surface area contributed by atoms with Gasteiger partial charge in [0.15, 0.2) is 0 Å². The van der Waals surface area contributed by atoms with Gasteiger partial charge in [-0.05, 0) is 18.5 Å². The van der Waals surface area contributed by atoms with Gasteiger partial charge in [-0.1, -0.05) is 6.58 Å². The second-order valence-electron chi connectivity index (χ2n) is 3.64. The third-order valence-electron chi connectivity index (χ3n) is 1.93. The lowest BCUT2D eigenvalue weighted by molar-refractivity contribution is -0.124. The highest BCUT2D eigenvalue weighted by Crippen LogP contribution is 2.12. The number of hydrogen-bond acceptors (Lipinski definition) is 4. The molecule has 0 rings (SSSR count). The number of hydrazone groups is 1. The molecule has 4 nitrogen and oxygen atoms in total. The summed E-state index contributed by atoms with van der Waals surface area (Å²) in [6, 6.07) is 0. The number of rotatable bonds is 9. The maximum absolute atomic E-state index is 11.9. The van der Waals surface area contributed by atoms with Gasteiger partial charge in [-0.3, -0.25) is 5.01 Å². The van der Waals surface area contributed by atoms with E-state index >= 15 is 0 Å². The van der Waals surface area contributed by atoms with Gasteiger partial charge in [-0.25, -0.2) is 0 Å². The molecule has 0 atom stereocenters. The molecule has 0 aromatic heterocycles. The number of hydrogen-bond donors (Lipinski definition) is 2. The predicted octanol–water partition coefficient (Wildman–Crippen LogP) is 0.961. The molecular weight excluding hydrogens is 233 g/mol. The van der Waals surface area contributed by atoms with Gasteiger partial charge in [0, 0.05) is 19.8 Å². The predicted molar refractivity (Wildman–Crippen MR) is 62.9 cm³/mol. The Morgan fingerprint density at radius 3 is 2.53 bits per heavy atom. The SMILES string of the molecule is C=NN(CCCN)CC(=C)CNCC(F)(F)F. The lowest BCUT2D eigenvalue weighted by Crippen LogP contribution is -2.32. The molecule has 0 radical (unpaired) electrons. The molecule has 7 heteroatoms. The van der Waals surface area contributed by atoms with E-state index in [-0.39, 0.29) is 6.54 Å². The smallest absolute Gasteiger partial charge is 0.330 e. The molecule has 0 fully saturated rings. The Morgan fingerprint density at radius 1 is 1.41 bits per heavy atom. The standard InChI is InChI=1S/C10H19F3N4/c1-9(6-16-8-10(11,12)13)7-17(15-2)5-3-4-14/h16H,1-8,14H2. The van der Waals surface area contributed by atoms with Crippen molar-refractivity contribution in [3.8, 4) is 0 Å². The number of alkyl halides is 3. The second-order valence-corrected chi connectivity index (χ2v) is 3.64. The van der Waals surface area contributed by atoms with E-state index in [2.05, 4.69) is 23.7 Å². The van der Waals surface area contributed by atoms with Crippen LogP contribution in [-0.2, 0) is 0 Å². The Bertz CT molecular complexity index is 240. The lowest BCUT2D eigenvalue weighted by Gasteiger charge is -2.19. The number of nitrogens with one attached hydrogen (secondary N) is 1. The molecule has 0 aromatic carbocycles. The summed E-state index contributed by atoms with van der Waals surface area (Å²) in [6.45, 7) is 7.69. The van der Waals surface area contributed by atoms with Crippen LogP contribution in [0.25, 0.3) is 0 Å². The molecule has 0 aromatic rings. The highest BCUT2D eigenvalue weighted by Gasteiger charge is 2.26. The van der Waals surface area contributed by atoms with Crippen LogP contribution in [0.4, 0.5) is 13.2 Å². The molecule has 0 aliphatic heterocycles. The maximum atomic E-state index is 11.9. The van der Waals surface area contributed by atoms with Gasteiger partial charge in [0.2, 0.25) is 0 Å². The monoisotopic (exact) mass is 252 g/mol. The number of nitrogens with two attached hydrogens (primary N) is 1. The molecule has 0 bridgehead atoms. The van der Waals surface area contributed by atoms with Crippen LogP contribution in [0.3, 0.4) is 0 Å². The Labute approximate surface area is 99.3 Å². The van der Waals surface area contributed by atoms with Gasteiger partial charge in [0.1, 0.15) is 0 Å². The van der Waals surface area contributed by atoms with Crippen molar-refractivity contribution in [2.24, 2.45) is 10.8 Å². The first-order valence-corrected chi connectivity index (χ1v) is 5.25. The zero-order valence-corrected chi connectivity index (χ0v) is 9.76. The Balaban J connectivity index is 3.79. The fraction of sp³-hybridized carbons (Fsp3) is 0.700. The van der Waals surface area contributed by atoms with Gasteiger partial charge in [0.25, 0.3) is 0 Å². The van der Waals surface area contributed by atoms with E-state index in [9.17, 15) is 13.2 Å². The van der Waals surface area contributed by atoms with E-state index < -0.39 is 12.7 Å². The van der Waals surface area contributed by atoms with Crippen molar-refractivity contribution in [1.29, 1.82) is 0 Å². The average Bonchev–Trinajstić information content (AvgIpc) is 2.22. The summed E-state index contributed by atoms with van der Waals surface area (Å²) >= 11 is 0. The Kier molecular flexibility index (Phi) is 7.56. The van der Waals surface area contributed by atoms with Gasteiger partial charge in [0.05, 0.1) is 13.1 Å². The molecular formula is C10H19F3N4. The fourth-order valence-electron chi connectivity index (χ4n) is 1.17. The summed E-state index contributed by atoms with van der Waals surface area (Å²) in [5.74, 6) is 0. The zero-order valence-electron chi connectivity index (χ0n) is 9.76. The van der Waals surface area contributed by atoms with Crippen LogP contribution < -0.4 is 11.1 Å². The number of nitrogens with zero attached hydrogens (tertiary/aromatic N) is 2. The van der Waals surface area contributed by atoms with Crippen LogP contribution in [0, 0.1) is 0 Å². The third kappa shape index (κ3) is 9.83. The van der Waals surface area contributed by atoms with E-state index in [0.717, 1.165) is 6.42 Å². The molecule has 0 saturated heterocycles. The van der Waals surface area contributed by atoms with E-state index in [1.54, 1.807) is 5.01 Å². The molecule has 17 heavy (non-hydrogen) atoms. The highest BCUT2D eigenvalue weighted by molar-refractivity contribution is 5.22. The van der Waals surface area contributed by atoms with Crippen molar-refractivity contribution in [1.82, 2.24) is 10.3 Å². The van der Waals surface area contributed by atoms with Gasteiger partial charge in [-0.2, -0.15) is 18.3 Å². The average molecular weight is 252 g/mol.